The van der Waals surface area contributed by atoms with Gasteiger partial charge in [-0.05, 0) is 89.8 Å². The van der Waals surface area contributed by atoms with E-state index in [0.29, 0.717) is 30.5 Å². The summed E-state index contributed by atoms with van der Waals surface area (Å²) in [7, 11) is -9.65. The van der Waals surface area contributed by atoms with Gasteiger partial charge in [0.25, 0.3) is 20.2 Å². The zero-order valence-electron chi connectivity index (χ0n) is 15.5. The fourth-order valence-corrected chi connectivity index (χ4v) is 8.08. The number of hydrogen-bond acceptors (Lipinski definition) is 4. The van der Waals surface area contributed by atoms with Crippen molar-refractivity contribution in [3.05, 3.63) is 66.4 Å². The van der Waals surface area contributed by atoms with Gasteiger partial charge in [0.2, 0.25) is 0 Å². The molecule has 0 aliphatic carbocycles. The van der Waals surface area contributed by atoms with E-state index >= 15 is 0 Å². The second-order valence-corrected chi connectivity index (χ2v) is 13.1. The molecule has 0 heterocycles. The lowest BCUT2D eigenvalue weighted by molar-refractivity contribution is 0.479. The van der Waals surface area contributed by atoms with Crippen LogP contribution in [0, 0.1) is 0 Å². The third-order valence-corrected chi connectivity index (χ3v) is 9.43. The van der Waals surface area contributed by atoms with Crippen molar-refractivity contribution in [2.75, 3.05) is 0 Å². The SMILES string of the molecule is O=S(=O)(O)c1c(Br)cc2cc(Br)ccc2c1-c1c(S(=O)(=O)O)c(Br)cc2cc(Br)ccc12. The van der Waals surface area contributed by atoms with E-state index in [1.54, 1.807) is 36.4 Å². The van der Waals surface area contributed by atoms with Crippen LogP contribution in [0.4, 0.5) is 0 Å². The first kappa shape index (κ1) is 24.3. The fraction of sp³-hybridized carbons (Fsp3) is 0. The van der Waals surface area contributed by atoms with Crippen molar-refractivity contribution in [1.29, 1.82) is 0 Å². The molecule has 0 aromatic heterocycles. The van der Waals surface area contributed by atoms with Crippen LogP contribution >= 0.6 is 63.7 Å². The summed E-state index contributed by atoms with van der Waals surface area (Å²) in [4.78, 5) is -1.03. The van der Waals surface area contributed by atoms with E-state index in [0.717, 1.165) is 0 Å². The van der Waals surface area contributed by atoms with Crippen molar-refractivity contribution >= 4 is 106 Å². The van der Waals surface area contributed by atoms with E-state index in [2.05, 4.69) is 63.7 Å². The maximum atomic E-state index is 12.5. The van der Waals surface area contributed by atoms with Crippen molar-refractivity contribution < 1.29 is 25.9 Å². The molecule has 2 N–H and O–H groups in total. The summed E-state index contributed by atoms with van der Waals surface area (Å²) in [6, 6.07) is 13.0. The van der Waals surface area contributed by atoms with Crippen LogP contribution in [-0.4, -0.2) is 25.9 Å². The molecule has 0 aliphatic heterocycles. The van der Waals surface area contributed by atoms with Crippen molar-refractivity contribution in [3.63, 3.8) is 0 Å². The number of hydrogen-bond donors (Lipinski definition) is 2. The van der Waals surface area contributed by atoms with Crippen LogP contribution in [0.5, 0.6) is 0 Å². The average molecular weight is 730 g/mol. The first-order valence-electron chi connectivity index (χ1n) is 8.58. The predicted octanol–water partition coefficient (Wildman–Crippen LogP) is 7.20. The number of rotatable bonds is 3. The molecule has 0 bridgehead atoms. The number of benzene rings is 4. The van der Waals surface area contributed by atoms with Crippen LogP contribution in [0.1, 0.15) is 0 Å². The highest BCUT2D eigenvalue weighted by atomic mass is 79.9. The highest BCUT2D eigenvalue weighted by Gasteiger charge is 2.31. The predicted molar refractivity (Wildman–Crippen MR) is 137 cm³/mol. The summed E-state index contributed by atoms with van der Waals surface area (Å²) in [5, 5.41) is 1.85. The molecule has 0 unspecified atom stereocenters. The summed E-state index contributed by atoms with van der Waals surface area (Å²) in [6.45, 7) is 0. The molecule has 0 aliphatic rings. The lowest BCUT2D eigenvalue weighted by Gasteiger charge is -2.19. The molecule has 6 nitrogen and oxygen atoms in total. The largest absolute Gasteiger partial charge is 0.296 e. The zero-order valence-corrected chi connectivity index (χ0v) is 23.5. The molecule has 0 fully saturated rings. The van der Waals surface area contributed by atoms with Gasteiger partial charge in [0.15, 0.2) is 0 Å². The molecule has 0 radical (unpaired) electrons. The van der Waals surface area contributed by atoms with Gasteiger partial charge in [-0.15, -0.1) is 0 Å². The second kappa shape index (κ2) is 8.42. The quantitative estimate of drug-likeness (QED) is 0.216. The monoisotopic (exact) mass is 726 g/mol. The Morgan fingerprint density at radius 3 is 1.22 bits per heavy atom. The van der Waals surface area contributed by atoms with Gasteiger partial charge >= 0.3 is 0 Å². The van der Waals surface area contributed by atoms with Crippen LogP contribution in [0.3, 0.4) is 0 Å². The minimum Gasteiger partial charge on any atom is -0.282 e. The van der Waals surface area contributed by atoms with Gasteiger partial charge in [-0.3, -0.25) is 9.11 Å². The summed E-state index contributed by atoms with van der Waals surface area (Å²) in [6.07, 6.45) is 0. The van der Waals surface area contributed by atoms with E-state index in [1.165, 1.54) is 12.1 Å². The third-order valence-electron chi connectivity index (χ3n) is 4.78. The molecule has 166 valence electrons. The van der Waals surface area contributed by atoms with E-state index in [-0.39, 0.29) is 20.1 Å². The highest BCUT2D eigenvalue weighted by Crippen LogP contribution is 2.47. The minimum atomic E-state index is -4.83. The lowest BCUT2D eigenvalue weighted by Crippen LogP contribution is -2.08. The lowest BCUT2D eigenvalue weighted by atomic mass is 9.93. The second-order valence-electron chi connectivity index (χ2n) is 6.81. The van der Waals surface area contributed by atoms with Gasteiger partial charge in [0.05, 0.1) is 0 Å². The van der Waals surface area contributed by atoms with Crippen molar-refractivity contribution in [2.24, 2.45) is 0 Å². The van der Waals surface area contributed by atoms with Gasteiger partial charge in [-0.25, -0.2) is 0 Å². The zero-order chi connectivity index (χ0) is 23.6. The molecule has 4 aromatic carbocycles. The Morgan fingerprint density at radius 1 is 0.562 bits per heavy atom. The van der Waals surface area contributed by atoms with E-state index < -0.39 is 30.0 Å². The molecule has 0 atom stereocenters. The Labute approximate surface area is 217 Å². The van der Waals surface area contributed by atoms with Gasteiger partial charge in [-0.1, -0.05) is 44.0 Å². The summed E-state index contributed by atoms with van der Waals surface area (Å²) in [5.74, 6) is 0. The maximum Gasteiger partial charge on any atom is 0.296 e. The Kier molecular flexibility index (Phi) is 6.38. The number of fused-ring (bicyclic) bond motifs is 2. The number of halogens is 4. The molecular formula is C20H10Br4O6S2. The van der Waals surface area contributed by atoms with Crippen LogP contribution in [0.15, 0.2) is 76.2 Å². The van der Waals surface area contributed by atoms with Crippen LogP contribution in [-0.2, 0) is 20.2 Å². The van der Waals surface area contributed by atoms with Gasteiger partial charge in [-0.2, -0.15) is 16.8 Å². The maximum absolute atomic E-state index is 12.5. The molecule has 4 rings (SSSR count). The first-order chi connectivity index (χ1) is 14.8. The molecule has 0 saturated heterocycles. The molecule has 32 heavy (non-hydrogen) atoms. The Balaban J connectivity index is 2.42. The summed E-state index contributed by atoms with van der Waals surface area (Å²) >= 11 is 13.2. The topological polar surface area (TPSA) is 109 Å². The highest BCUT2D eigenvalue weighted by molar-refractivity contribution is 9.11. The standard InChI is InChI=1S/C20H10Br4O6S2/c21-11-1-3-13-9(5-11)7-15(23)19(31(25,26)27)17(13)18-14-4-2-12(22)6-10(14)8-16(24)20(18)32(28,29)30/h1-8H,(H,25,26,27)(H,28,29,30). The van der Waals surface area contributed by atoms with E-state index in [1.807, 2.05) is 0 Å². The Hall–Kier alpha value is -0.860. The van der Waals surface area contributed by atoms with Gasteiger partial charge in [0, 0.05) is 29.0 Å². The molecule has 0 spiro atoms. The normalized spacial score (nSPS) is 12.6. The van der Waals surface area contributed by atoms with Crippen molar-refractivity contribution in [1.82, 2.24) is 0 Å². The molecular weight excluding hydrogens is 720 g/mol. The molecule has 4 aromatic rings. The Morgan fingerprint density at radius 2 is 0.906 bits per heavy atom. The smallest absolute Gasteiger partial charge is 0.282 e. The minimum absolute atomic E-state index is 0.0344. The molecule has 0 saturated carbocycles. The van der Waals surface area contributed by atoms with Gasteiger partial charge in [0.1, 0.15) is 9.79 Å². The first-order valence-corrected chi connectivity index (χ1v) is 14.6. The van der Waals surface area contributed by atoms with Crippen molar-refractivity contribution in [2.45, 2.75) is 9.79 Å². The van der Waals surface area contributed by atoms with Crippen LogP contribution in [0.25, 0.3) is 32.7 Å². The van der Waals surface area contributed by atoms with E-state index in [4.69, 9.17) is 0 Å². The van der Waals surface area contributed by atoms with Gasteiger partial charge < -0.3 is 0 Å². The third kappa shape index (κ3) is 4.31. The van der Waals surface area contributed by atoms with Crippen LogP contribution < -0.4 is 0 Å². The summed E-state index contributed by atoms with van der Waals surface area (Å²) < 4.78 is 71.6. The van der Waals surface area contributed by atoms with Crippen molar-refractivity contribution in [3.8, 4) is 11.1 Å². The Bertz CT molecular complexity index is 1540. The molecule has 0 amide bonds. The fourth-order valence-electron chi connectivity index (χ4n) is 3.65. The van der Waals surface area contributed by atoms with Crippen LogP contribution in [0.2, 0.25) is 0 Å². The summed E-state index contributed by atoms with van der Waals surface area (Å²) in [5.41, 5.74) is -0.128. The van der Waals surface area contributed by atoms with E-state index in [9.17, 15) is 25.9 Å². The molecule has 12 heteroatoms. The average Bonchev–Trinajstić information content (AvgIpc) is 2.63.